The molecule has 4 heteroatoms. The highest BCUT2D eigenvalue weighted by Gasteiger charge is 2.39. The van der Waals surface area contributed by atoms with E-state index in [1.54, 1.807) is 6.07 Å². The van der Waals surface area contributed by atoms with Crippen LogP contribution < -0.4 is 5.73 Å². The summed E-state index contributed by atoms with van der Waals surface area (Å²) in [6.07, 6.45) is 4.46. The third-order valence-corrected chi connectivity index (χ3v) is 4.37. The Morgan fingerprint density at radius 3 is 2.58 bits per heavy atom. The molecule has 100 valence electrons. The van der Waals surface area contributed by atoms with Gasteiger partial charge in [-0.1, -0.05) is 0 Å². The molecule has 0 aliphatic carbocycles. The predicted octanol–water partition coefficient (Wildman–Crippen LogP) is 2.15. The van der Waals surface area contributed by atoms with Gasteiger partial charge in [-0.15, -0.1) is 0 Å². The van der Waals surface area contributed by atoms with Crippen LogP contribution in [-0.4, -0.2) is 23.0 Å². The maximum absolute atomic E-state index is 13.5. The van der Waals surface area contributed by atoms with E-state index in [-0.39, 0.29) is 5.82 Å². The lowest BCUT2D eigenvalue weighted by atomic mass is 9.97. The molecule has 0 amide bonds. The van der Waals surface area contributed by atoms with E-state index < -0.39 is 0 Å². The van der Waals surface area contributed by atoms with Crippen LogP contribution in [0.2, 0.25) is 0 Å². The zero-order valence-corrected chi connectivity index (χ0v) is 10.8. The Kier molecular flexibility index (Phi) is 3.26. The maximum atomic E-state index is 13.5. The van der Waals surface area contributed by atoms with Crippen molar-refractivity contribution in [3.63, 3.8) is 0 Å². The van der Waals surface area contributed by atoms with Crippen molar-refractivity contribution in [3.8, 4) is 6.07 Å². The Morgan fingerprint density at radius 1 is 1.26 bits per heavy atom. The molecule has 2 unspecified atom stereocenters. The molecule has 2 aliphatic heterocycles. The fourth-order valence-corrected chi connectivity index (χ4v) is 3.59. The molecule has 19 heavy (non-hydrogen) atoms. The molecule has 2 N–H and O–H groups in total. The van der Waals surface area contributed by atoms with Gasteiger partial charge in [-0.3, -0.25) is 4.90 Å². The lowest BCUT2D eigenvalue weighted by molar-refractivity contribution is 0.120. The van der Waals surface area contributed by atoms with Crippen molar-refractivity contribution >= 4 is 0 Å². The van der Waals surface area contributed by atoms with Crippen LogP contribution in [0, 0.1) is 17.1 Å². The molecule has 0 spiro atoms. The average Bonchev–Trinajstić information content (AvgIpc) is 2.60. The molecule has 0 saturated carbocycles. The van der Waals surface area contributed by atoms with Gasteiger partial charge in [-0.05, 0) is 49.4 Å². The van der Waals surface area contributed by atoms with Crippen molar-refractivity contribution in [1.82, 2.24) is 4.90 Å². The number of nitrogens with two attached hydrogens (primary N) is 1. The monoisotopic (exact) mass is 259 g/mol. The zero-order valence-electron chi connectivity index (χ0n) is 10.8. The number of rotatable bonds is 2. The van der Waals surface area contributed by atoms with Gasteiger partial charge >= 0.3 is 0 Å². The van der Waals surface area contributed by atoms with Crippen LogP contribution in [0.15, 0.2) is 18.2 Å². The second kappa shape index (κ2) is 4.92. The standard InChI is InChI=1S/C15H18FN3/c16-12-4-10(8-17)3-11(5-12)9-19-14-1-2-15(19)7-13(18)6-14/h3-5,13-15H,1-2,6-7,9,18H2. The van der Waals surface area contributed by atoms with Gasteiger partial charge < -0.3 is 5.73 Å². The Labute approximate surface area is 112 Å². The Morgan fingerprint density at radius 2 is 1.95 bits per heavy atom. The van der Waals surface area contributed by atoms with Gasteiger partial charge in [-0.25, -0.2) is 4.39 Å². The molecule has 3 nitrogen and oxygen atoms in total. The van der Waals surface area contributed by atoms with Gasteiger partial charge in [0.1, 0.15) is 5.82 Å². The van der Waals surface area contributed by atoms with Gasteiger partial charge in [-0.2, -0.15) is 5.26 Å². The first-order chi connectivity index (χ1) is 9.15. The molecule has 2 aliphatic rings. The number of halogens is 1. The maximum Gasteiger partial charge on any atom is 0.124 e. The van der Waals surface area contributed by atoms with Crippen molar-refractivity contribution < 1.29 is 4.39 Å². The molecule has 2 fully saturated rings. The number of benzene rings is 1. The van der Waals surface area contributed by atoms with Crippen molar-refractivity contribution in [2.75, 3.05) is 0 Å². The first-order valence-corrected chi connectivity index (χ1v) is 6.86. The van der Waals surface area contributed by atoms with Gasteiger partial charge in [0, 0.05) is 24.7 Å². The summed E-state index contributed by atoms with van der Waals surface area (Å²) >= 11 is 0. The van der Waals surface area contributed by atoms with Crippen molar-refractivity contribution in [3.05, 3.63) is 35.1 Å². The molecule has 0 aromatic heterocycles. The summed E-state index contributed by atoms with van der Waals surface area (Å²) in [6.45, 7) is 0.731. The minimum atomic E-state index is -0.324. The molecule has 3 rings (SSSR count). The predicted molar refractivity (Wildman–Crippen MR) is 70.7 cm³/mol. The quantitative estimate of drug-likeness (QED) is 0.885. The molecular formula is C15H18FN3. The molecule has 2 bridgehead atoms. The van der Waals surface area contributed by atoms with E-state index in [1.165, 1.54) is 25.0 Å². The summed E-state index contributed by atoms with van der Waals surface area (Å²) in [7, 11) is 0. The molecule has 2 saturated heterocycles. The SMILES string of the molecule is N#Cc1cc(F)cc(CN2C3CCC2CC(N)C3)c1. The molecule has 0 radical (unpaired) electrons. The van der Waals surface area contributed by atoms with E-state index in [4.69, 9.17) is 11.0 Å². The minimum Gasteiger partial charge on any atom is -0.328 e. The highest BCUT2D eigenvalue weighted by Crippen LogP contribution is 2.36. The molecule has 1 aromatic carbocycles. The summed E-state index contributed by atoms with van der Waals surface area (Å²) < 4.78 is 13.5. The smallest absolute Gasteiger partial charge is 0.124 e. The topological polar surface area (TPSA) is 53.0 Å². The third-order valence-electron chi connectivity index (χ3n) is 4.37. The van der Waals surface area contributed by atoms with Gasteiger partial charge in [0.05, 0.1) is 11.6 Å². The van der Waals surface area contributed by atoms with Crippen molar-refractivity contribution in [1.29, 1.82) is 5.26 Å². The fraction of sp³-hybridized carbons (Fsp3) is 0.533. The van der Waals surface area contributed by atoms with Crippen LogP contribution in [0.1, 0.15) is 36.8 Å². The van der Waals surface area contributed by atoms with Crippen LogP contribution in [-0.2, 0) is 6.54 Å². The molecule has 2 heterocycles. The summed E-state index contributed by atoms with van der Waals surface area (Å²) in [4.78, 5) is 2.44. The zero-order chi connectivity index (χ0) is 13.4. The largest absolute Gasteiger partial charge is 0.328 e. The van der Waals surface area contributed by atoms with E-state index in [9.17, 15) is 4.39 Å². The number of nitriles is 1. The van der Waals surface area contributed by atoms with Crippen LogP contribution >= 0.6 is 0 Å². The molecule has 2 atom stereocenters. The van der Waals surface area contributed by atoms with Gasteiger partial charge in [0.15, 0.2) is 0 Å². The number of nitrogens with zero attached hydrogens (tertiary/aromatic N) is 2. The Hall–Kier alpha value is -1.44. The minimum absolute atomic E-state index is 0.316. The first-order valence-electron chi connectivity index (χ1n) is 6.86. The van der Waals surface area contributed by atoms with Crippen molar-refractivity contribution in [2.45, 2.75) is 50.4 Å². The van der Waals surface area contributed by atoms with E-state index in [1.807, 2.05) is 6.07 Å². The van der Waals surface area contributed by atoms with Gasteiger partial charge in [0.2, 0.25) is 0 Å². The first kappa shape index (κ1) is 12.6. The van der Waals surface area contributed by atoms with E-state index >= 15 is 0 Å². The third kappa shape index (κ3) is 2.49. The number of hydrogen-bond acceptors (Lipinski definition) is 3. The van der Waals surface area contributed by atoms with Crippen LogP contribution in [0.3, 0.4) is 0 Å². The average molecular weight is 259 g/mol. The van der Waals surface area contributed by atoms with Crippen LogP contribution in [0.5, 0.6) is 0 Å². The lowest BCUT2D eigenvalue weighted by Gasteiger charge is -2.37. The van der Waals surface area contributed by atoms with Crippen LogP contribution in [0.25, 0.3) is 0 Å². The summed E-state index contributed by atoms with van der Waals surface area (Å²) in [5, 5.41) is 8.90. The van der Waals surface area contributed by atoms with E-state index in [0.717, 1.165) is 24.9 Å². The second-order valence-corrected chi connectivity index (χ2v) is 5.75. The Balaban J connectivity index is 1.79. The van der Waals surface area contributed by atoms with Gasteiger partial charge in [0.25, 0.3) is 0 Å². The Bertz CT molecular complexity index is 509. The summed E-state index contributed by atoms with van der Waals surface area (Å²) in [5.74, 6) is -0.324. The molecular weight excluding hydrogens is 241 g/mol. The lowest BCUT2D eigenvalue weighted by Crippen LogP contribution is -2.46. The second-order valence-electron chi connectivity index (χ2n) is 5.75. The summed E-state index contributed by atoms with van der Waals surface area (Å²) in [5.41, 5.74) is 7.34. The van der Waals surface area contributed by atoms with Crippen LogP contribution in [0.4, 0.5) is 4.39 Å². The highest BCUT2D eigenvalue weighted by molar-refractivity contribution is 5.33. The van der Waals surface area contributed by atoms with E-state index in [0.29, 0.717) is 23.7 Å². The fourth-order valence-electron chi connectivity index (χ4n) is 3.59. The van der Waals surface area contributed by atoms with E-state index in [2.05, 4.69) is 4.90 Å². The normalized spacial score (nSPS) is 30.3. The number of piperidine rings is 1. The number of hydrogen-bond donors (Lipinski definition) is 1. The molecule has 1 aromatic rings. The highest BCUT2D eigenvalue weighted by atomic mass is 19.1. The van der Waals surface area contributed by atoms with Crippen molar-refractivity contribution in [2.24, 2.45) is 5.73 Å². The summed E-state index contributed by atoms with van der Waals surface area (Å²) in [6, 6.07) is 8.00. The number of fused-ring (bicyclic) bond motifs is 2.